The molecule has 2 aromatic carbocycles. The van der Waals surface area contributed by atoms with Crippen LogP contribution in [-0.2, 0) is 9.53 Å². The van der Waals surface area contributed by atoms with Gasteiger partial charge in [-0.3, -0.25) is 4.79 Å². The molecule has 1 saturated heterocycles. The summed E-state index contributed by atoms with van der Waals surface area (Å²) in [5, 5.41) is 9.94. The van der Waals surface area contributed by atoms with E-state index in [9.17, 15) is 4.79 Å². The van der Waals surface area contributed by atoms with Crippen molar-refractivity contribution in [3.8, 4) is 22.7 Å². The second kappa shape index (κ2) is 7.50. The van der Waals surface area contributed by atoms with Gasteiger partial charge in [0.1, 0.15) is 5.25 Å². The van der Waals surface area contributed by atoms with Gasteiger partial charge in [0.05, 0.1) is 23.4 Å². The minimum atomic E-state index is -0.304. The molecule has 0 radical (unpaired) electrons. The summed E-state index contributed by atoms with van der Waals surface area (Å²) in [6.45, 7) is 0.428. The Labute approximate surface area is 175 Å². The molecule has 8 heteroatoms. The fourth-order valence-corrected chi connectivity index (χ4v) is 4.16. The number of carbonyl (C=O) groups is 1. The Bertz CT molecular complexity index is 1210. The zero-order chi connectivity index (χ0) is 19.8. The Morgan fingerprint density at radius 2 is 1.90 bits per heavy atom. The molecule has 5 rings (SSSR count). The van der Waals surface area contributed by atoms with Crippen LogP contribution in [0.4, 0.5) is 0 Å². The van der Waals surface area contributed by atoms with E-state index >= 15 is 0 Å². The van der Waals surface area contributed by atoms with Crippen LogP contribution in [0.5, 0.6) is 0 Å². The number of ether oxygens (including phenoxy) is 1. The highest BCUT2D eigenvalue weighted by atomic mass is 35.5. The summed E-state index contributed by atoms with van der Waals surface area (Å²) in [6, 6.07) is 17.2. The lowest BCUT2D eigenvalue weighted by atomic mass is 10.0. The van der Waals surface area contributed by atoms with Gasteiger partial charge in [0.25, 0.3) is 5.22 Å². The Morgan fingerprint density at radius 1 is 1.07 bits per heavy atom. The fourth-order valence-electron chi connectivity index (χ4n) is 3.19. The van der Waals surface area contributed by atoms with Gasteiger partial charge >= 0.3 is 5.97 Å². The standard InChI is InChI=1S/C21H14ClN3O3S/c22-13-7-5-12(6-8-13)17-11-15(14-3-1-2-4-16(14)23-17)19-24-25-21(28-19)29-18-9-10-27-20(18)26/h1-8,11,18H,9-10H2/t18-/m1/s1. The molecule has 1 fully saturated rings. The summed E-state index contributed by atoms with van der Waals surface area (Å²) in [4.78, 5) is 16.5. The molecule has 3 heterocycles. The van der Waals surface area contributed by atoms with Crippen LogP contribution >= 0.6 is 23.4 Å². The molecule has 0 aliphatic carbocycles. The first-order valence-electron chi connectivity index (χ1n) is 9.00. The van der Waals surface area contributed by atoms with E-state index in [1.165, 1.54) is 11.8 Å². The number of fused-ring (bicyclic) bond motifs is 1. The summed E-state index contributed by atoms with van der Waals surface area (Å²) in [6.07, 6.45) is 0.639. The Kier molecular flexibility index (Phi) is 4.69. The molecule has 4 aromatic rings. The third-order valence-electron chi connectivity index (χ3n) is 4.62. The zero-order valence-electron chi connectivity index (χ0n) is 15.0. The lowest BCUT2D eigenvalue weighted by molar-refractivity contribution is -0.137. The van der Waals surface area contributed by atoms with Gasteiger partial charge in [0, 0.05) is 22.4 Å². The number of thioether (sulfide) groups is 1. The number of hydrogen-bond donors (Lipinski definition) is 0. The quantitative estimate of drug-likeness (QED) is 0.427. The number of nitrogens with zero attached hydrogens (tertiary/aromatic N) is 3. The number of para-hydroxylation sites is 1. The first kappa shape index (κ1) is 18.1. The van der Waals surface area contributed by atoms with Gasteiger partial charge in [0.2, 0.25) is 5.89 Å². The van der Waals surface area contributed by atoms with E-state index < -0.39 is 0 Å². The van der Waals surface area contributed by atoms with Crippen LogP contribution in [0, 0.1) is 0 Å². The van der Waals surface area contributed by atoms with E-state index in [0.717, 1.165) is 27.7 Å². The molecule has 144 valence electrons. The van der Waals surface area contributed by atoms with E-state index in [-0.39, 0.29) is 11.2 Å². The predicted octanol–water partition coefficient (Wildman–Crippen LogP) is 5.01. The SMILES string of the molecule is O=C1OCC[C@H]1Sc1nnc(-c2cc(-c3ccc(Cl)cc3)nc3ccccc23)o1. The summed E-state index contributed by atoms with van der Waals surface area (Å²) in [5.41, 5.74) is 3.32. The Morgan fingerprint density at radius 3 is 2.69 bits per heavy atom. The second-order valence-electron chi connectivity index (χ2n) is 6.51. The van der Waals surface area contributed by atoms with Crippen molar-refractivity contribution in [2.45, 2.75) is 16.9 Å². The Balaban J connectivity index is 1.57. The molecule has 0 N–H and O–H groups in total. The largest absolute Gasteiger partial charge is 0.465 e. The first-order valence-corrected chi connectivity index (χ1v) is 10.3. The molecule has 0 amide bonds. The van der Waals surface area contributed by atoms with E-state index in [4.69, 9.17) is 25.7 Å². The summed E-state index contributed by atoms with van der Waals surface area (Å²) < 4.78 is 10.9. The van der Waals surface area contributed by atoms with Crippen molar-refractivity contribution >= 4 is 40.2 Å². The van der Waals surface area contributed by atoms with Gasteiger partial charge in [-0.15, -0.1) is 10.2 Å². The predicted molar refractivity (Wildman–Crippen MR) is 111 cm³/mol. The smallest absolute Gasteiger partial charge is 0.319 e. The maximum atomic E-state index is 11.7. The number of benzene rings is 2. The molecule has 6 nitrogen and oxygen atoms in total. The van der Waals surface area contributed by atoms with E-state index in [1.807, 2.05) is 54.6 Å². The third kappa shape index (κ3) is 3.59. The molecular formula is C21H14ClN3O3S. The molecule has 1 aliphatic rings. The summed E-state index contributed by atoms with van der Waals surface area (Å²) in [5.74, 6) is 0.141. The van der Waals surface area contributed by atoms with Gasteiger partial charge < -0.3 is 9.15 Å². The van der Waals surface area contributed by atoms with Crippen molar-refractivity contribution in [1.82, 2.24) is 15.2 Å². The molecule has 1 aliphatic heterocycles. The number of cyclic esters (lactones) is 1. The topological polar surface area (TPSA) is 78.1 Å². The Hall–Kier alpha value is -2.90. The van der Waals surface area contributed by atoms with Crippen molar-refractivity contribution < 1.29 is 13.9 Å². The van der Waals surface area contributed by atoms with Crippen LogP contribution in [0.3, 0.4) is 0 Å². The number of esters is 1. The molecule has 0 unspecified atom stereocenters. The molecule has 2 aromatic heterocycles. The molecule has 0 bridgehead atoms. The average Bonchev–Trinajstić information content (AvgIpc) is 3.37. The van der Waals surface area contributed by atoms with Crippen LogP contribution < -0.4 is 0 Å². The number of hydrogen-bond acceptors (Lipinski definition) is 7. The normalized spacial score (nSPS) is 16.3. The van der Waals surface area contributed by atoms with Gasteiger partial charge in [-0.1, -0.05) is 41.9 Å². The number of carbonyl (C=O) groups excluding carboxylic acids is 1. The number of halogens is 1. The zero-order valence-corrected chi connectivity index (χ0v) is 16.6. The van der Waals surface area contributed by atoms with Gasteiger partial charge in [-0.2, -0.15) is 0 Å². The van der Waals surface area contributed by atoms with Crippen molar-refractivity contribution in [1.29, 1.82) is 0 Å². The minimum Gasteiger partial charge on any atom is -0.465 e. The molecule has 0 saturated carbocycles. The highest BCUT2D eigenvalue weighted by Crippen LogP contribution is 2.34. The van der Waals surface area contributed by atoms with Crippen molar-refractivity contribution in [2.75, 3.05) is 6.61 Å². The molecule has 29 heavy (non-hydrogen) atoms. The van der Waals surface area contributed by atoms with E-state index in [2.05, 4.69) is 10.2 Å². The molecular weight excluding hydrogens is 410 g/mol. The molecule has 0 spiro atoms. The number of aromatic nitrogens is 3. The third-order valence-corrected chi connectivity index (χ3v) is 5.95. The molecule has 1 atom stereocenters. The van der Waals surface area contributed by atoms with Crippen molar-refractivity contribution in [3.63, 3.8) is 0 Å². The lowest BCUT2D eigenvalue weighted by Gasteiger charge is -2.07. The summed E-state index contributed by atoms with van der Waals surface area (Å²) in [7, 11) is 0. The van der Waals surface area contributed by atoms with E-state index in [1.54, 1.807) is 0 Å². The minimum absolute atomic E-state index is 0.242. The number of rotatable bonds is 4. The van der Waals surface area contributed by atoms with Crippen LogP contribution in [0.1, 0.15) is 6.42 Å². The second-order valence-corrected chi connectivity index (χ2v) is 8.11. The van der Waals surface area contributed by atoms with Crippen LogP contribution in [0.25, 0.3) is 33.6 Å². The van der Waals surface area contributed by atoms with Gasteiger partial charge in [-0.25, -0.2) is 4.98 Å². The average molecular weight is 424 g/mol. The van der Waals surface area contributed by atoms with Crippen LogP contribution in [-0.4, -0.2) is 33.0 Å². The highest BCUT2D eigenvalue weighted by molar-refractivity contribution is 8.00. The van der Waals surface area contributed by atoms with Crippen molar-refractivity contribution in [3.05, 3.63) is 59.6 Å². The fraction of sp³-hybridized carbons (Fsp3) is 0.143. The maximum Gasteiger partial charge on any atom is 0.319 e. The van der Waals surface area contributed by atoms with Gasteiger partial charge in [-0.05, 0) is 36.0 Å². The highest BCUT2D eigenvalue weighted by Gasteiger charge is 2.29. The maximum absolute atomic E-state index is 11.7. The van der Waals surface area contributed by atoms with Crippen LogP contribution in [0.15, 0.2) is 64.2 Å². The lowest BCUT2D eigenvalue weighted by Crippen LogP contribution is -2.09. The monoisotopic (exact) mass is 423 g/mol. The van der Waals surface area contributed by atoms with Gasteiger partial charge in [0.15, 0.2) is 0 Å². The van der Waals surface area contributed by atoms with Crippen LogP contribution in [0.2, 0.25) is 5.02 Å². The van der Waals surface area contributed by atoms with E-state index in [0.29, 0.717) is 29.2 Å². The summed E-state index contributed by atoms with van der Waals surface area (Å²) >= 11 is 7.25. The first-order chi connectivity index (χ1) is 14.2. The number of pyridine rings is 1. The van der Waals surface area contributed by atoms with Crippen molar-refractivity contribution in [2.24, 2.45) is 0 Å².